The SMILES string of the molecule is CC(=O)SCC1CN(C=O)C1. The second-order valence-electron chi connectivity index (χ2n) is 2.73. The number of likely N-dealkylation sites (tertiary alicyclic amines) is 1. The molecule has 11 heavy (non-hydrogen) atoms. The van der Waals surface area contributed by atoms with Gasteiger partial charge in [0.25, 0.3) is 0 Å². The van der Waals surface area contributed by atoms with Crippen LogP contribution in [0.25, 0.3) is 0 Å². The lowest BCUT2D eigenvalue weighted by molar-refractivity contribution is -0.123. The van der Waals surface area contributed by atoms with Crippen molar-refractivity contribution in [1.82, 2.24) is 4.90 Å². The Morgan fingerprint density at radius 1 is 1.73 bits per heavy atom. The maximum atomic E-state index is 10.5. The molecule has 0 N–H and O–H groups in total. The summed E-state index contributed by atoms with van der Waals surface area (Å²) in [6, 6.07) is 0. The van der Waals surface area contributed by atoms with Crippen LogP contribution in [0.1, 0.15) is 6.92 Å². The quantitative estimate of drug-likeness (QED) is 0.578. The van der Waals surface area contributed by atoms with Crippen LogP contribution in [0.5, 0.6) is 0 Å². The third kappa shape index (κ3) is 2.54. The van der Waals surface area contributed by atoms with Gasteiger partial charge in [-0.2, -0.15) is 0 Å². The van der Waals surface area contributed by atoms with Crippen molar-refractivity contribution in [2.45, 2.75) is 6.92 Å². The number of carbonyl (C=O) groups is 2. The Hall–Kier alpha value is -0.510. The van der Waals surface area contributed by atoms with E-state index in [0.717, 1.165) is 25.3 Å². The van der Waals surface area contributed by atoms with Crippen molar-refractivity contribution in [3.8, 4) is 0 Å². The van der Waals surface area contributed by atoms with Gasteiger partial charge in [0, 0.05) is 31.7 Å². The summed E-state index contributed by atoms with van der Waals surface area (Å²) < 4.78 is 0. The molecule has 3 nitrogen and oxygen atoms in total. The average Bonchev–Trinajstić information content (AvgIpc) is 1.84. The van der Waals surface area contributed by atoms with Gasteiger partial charge in [-0.05, 0) is 0 Å². The lowest BCUT2D eigenvalue weighted by Crippen LogP contribution is -2.46. The van der Waals surface area contributed by atoms with Gasteiger partial charge in [0.2, 0.25) is 6.41 Å². The third-order valence-corrected chi connectivity index (χ3v) is 2.70. The molecule has 1 saturated heterocycles. The van der Waals surface area contributed by atoms with Crippen LogP contribution in [0.15, 0.2) is 0 Å². The second-order valence-corrected chi connectivity index (χ2v) is 3.92. The van der Waals surface area contributed by atoms with Crippen molar-refractivity contribution in [1.29, 1.82) is 0 Å². The number of thioether (sulfide) groups is 1. The minimum absolute atomic E-state index is 0.162. The maximum absolute atomic E-state index is 10.5. The van der Waals surface area contributed by atoms with Gasteiger partial charge in [0.1, 0.15) is 0 Å². The molecular weight excluding hydrogens is 162 g/mol. The molecule has 1 aliphatic rings. The van der Waals surface area contributed by atoms with Crippen LogP contribution in [0.3, 0.4) is 0 Å². The van der Waals surface area contributed by atoms with Crippen molar-refractivity contribution in [3.05, 3.63) is 0 Å². The number of nitrogens with zero attached hydrogens (tertiary/aromatic N) is 1. The molecule has 1 rings (SSSR count). The summed E-state index contributed by atoms with van der Waals surface area (Å²) >= 11 is 1.35. The molecule has 1 amide bonds. The Kier molecular flexibility index (Phi) is 2.93. The van der Waals surface area contributed by atoms with Crippen molar-refractivity contribution < 1.29 is 9.59 Å². The molecule has 0 unspecified atom stereocenters. The Morgan fingerprint density at radius 3 is 2.82 bits per heavy atom. The Morgan fingerprint density at radius 2 is 2.36 bits per heavy atom. The fourth-order valence-corrected chi connectivity index (χ4v) is 1.72. The van der Waals surface area contributed by atoms with Crippen molar-refractivity contribution in [2.75, 3.05) is 18.8 Å². The molecule has 1 aliphatic heterocycles. The van der Waals surface area contributed by atoms with Gasteiger partial charge in [-0.3, -0.25) is 9.59 Å². The zero-order valence-corrected chi connectivity index (χ0v) is 7.26. The van der Waals surface area contributed by atoms with E-state index in [0.29, 0.717) is 5.92 Å². The van der Waals surface area contributed by atoms with Crippen molar-refractivity contribution in [3.63, 3.8) is 0 Å². The van der Waals surface area contributed by atoms with Crippen LogP contribution in [-0.2, 0) is 9.59 Å². The topological polar surface area (TPSA) is 37.4 Å². The van der Waals surface area contributed by atoms with E-state index in [1.165, 1.54) is 11.8 Å². The minimum Gasteiger partial charge on any atom is -0.345 e. The third-order valence-electron chi connectivity index (χ3n) is 1.66. The summed E-state index contributed by atoms with van der Waals surface area (Å²) in [6.07, 6.45) is 0.856. The highest BCUT2D eigenvalue weighted by Crippen LogP contribution is 2.18. The lowest BCUT2D eigenvalue weighted by Gasteiger charge is -2.35. The second kappa shape index (κ2) is 3.76. The van der Waals surface area contributed by atoms with Crippen LogP contribution in [-0.4, -0.2) is 35.3 Å². The van der Waals surface area contributed by atoms with Gasteiger partial charge in [0.15, 0.2) is 5.12 Å². The minimum atomic E-state index is 0.162. The molecule has 0 bridgehead atoms. The molecule has 0 spiro atoms. The van der Waals surface area contributed by atoms with Crippen LogP contribution in [0, 0.1) is 5.92 Å². The number of amides is 1. The van der Waals surface area contributed by atoms with Crippen LogP contribution in [0.4, 0.5) is 0 Å². The smallest absolute Gasteiger partial charge is 0.209 e. The standard InChI is InChI=1S/C7H11NO2S/c1-6(10)11-4-7-2-8(3-7)5-9/h5,7H,2-4H2,1H3. The first-order valence-corrected chi connectivity index (χ1v) is 4.53. The summed E-state index contributed by atoms with van der Waals surface area (Å²) in [7, 11) is 0. The van der Waals surface area contributed by atoms with Crippen LogP contribution >= 0.6 is 11.8 Å². The summed E-state index contributed by atoms with van der Waals surface area (Å²) in [6.45, 7) is 3.22. The van der Waals surface area contributed by atoms with Gasteiger partial charge in [0.05, 0.1) is 0 Å². The molecule has 0 saturated carbocycles. The Bertz CT molecular complexity index is 166. The van der Waals surface area contributed by atoms with E-state index in [1.807, 2.05) is 0 Å². The van der Waals surface area contributed by atoms with E-state index in [1.54, 1.807) is 11.8 Å². The van der Waals surface area contributed by atoms with E-state index < -0.39 is 0 Å². The highest BCUT2D eigenvalue weighted by atomic mass is 32.2. The largest absolute Gasteiger partial charge is 0.345 e. The first kappa shape index (κ1) is 8.59. The highest BCUT2D eigenvalue weighted by Gasteiger charge is 2.25. The summed E-state index contributed by atoms with van der Waals surface area (Å²) in [5, 5.41) is 0.162. The average molecular weight is 173 g/mol. The molecule has 1 fully saturated rings. The first-order chi connectivity index (χ1) is 5.22. The summed E-state index contributed by atoms with van der Waals surface area (Å²) in [4.78, 5) is 22.4. The van der Waals surface area contributed by atoms with E-state index >= 15 is 0 Å². The summed E-state index contributed by atoms with van der Waals surface area (Å²) in [5.41, 5.74) is 0. The zero-order valence-electron chi connectivity index (χ0n) is 6.45. The molecular formula is C7H11NO2S. The van der Waals surface area contributed by atoms with Crippen molar-refractivity contribution >= 4 is 23.3 Å². The first-order valence-electron chi connectivity index (χ1n) is 3.55. The normalized spacial score (nSPS) is 17.7. The Balaban J connectivity index is 2.04. The number of hydrogen-bond donors (Lipinski definition) is 0. The van der Waals surface area contributed by atoms with E-state index in [4.69, 9.17) is 0 Å². The van der Waals surface area contributed by atoms with E-state index in [9.17, 15) is 9.59 Å². The fourth-order valence-electron chi connectivity index (χ4n) is 1.04. The van der Waals surface area contributed by atoms with Crippen LogP contribution < -0.4 is 0 Å². The number of hydrogen-bond acceptors (Lipinski definition) is 3. The Labute approximate surface area is 70.1 Å². The maximum Gasteiger partial charge on any atom is 0.209 e. The molecule has 62 valence electrons. The van der Waals surface area contributed by atoms with E-state index in [2.05, 4.69) is 0 Å². The number of carbonyl (C=O) groups excluding carboxylic acids is 2. The molecule has 0 atom stereocenters. The molecule has 0 aliphatic carbocycles. The monoisotopic (exact) mass is 173 g/mol. The molecule has 4 heteroatoms. The molecule has 0 aromatic carbocycles. The van der Waals surface area contributed by atoms with Crippen LogP contribution in [0.2, 0.25) is 0 Å². The zero-order chi connectivity index (χ0) is 8.27. The molecule has 1 heterocycles. The lowest BCUT2D eigenvalue weighted by atomic mass is 10.0. The molecule has 0 aromatic rings. The fraction of sp³-hybridized carbons (Fsp3) is 0.714. The van der Waals surface area contributed by atoms with Gasteiger partial charge in [-0.1, -0.05) is 11.8 Å². The van der Waals surface area contributed by atoms with Crippen molar-refractivity contribution in [2.24, 2.45) is 5.92 Å². The van der Waals surface area contributed by atoms with Gasteiger partial charge in [-0.25, -0.2) is 0 Å². The van der Waals surface area contributed by atoms with E-state index in [-0.39, 0.29) is 5.12 Å². The molecule has 0 aromatic heterocycles. The molecule has 0 radical (unpaired) electrons. The summed E-state index contributed by atoms with van der Waals surface area (Å²) in [5.74, 6) is 1.40. The number of rotatable bonds is 3. The van der Waals surface area contributed by atoms with Gasteiger partial charge in [-0.15, -0.1) is 0 Å². The highest BCUT2D eigenvalue weighted by molar-refractivity contribution is 8.13. The van der Waals surface area contributed by atoms with Gasteiger partial charge < -0.3 is 4.90 Å². The predicted molar refractivity (Wildman–Crippen MR) is 44.3 cm³/mol. The van der Waals surface area contributed by atoms with Gasteiger partial charge >= 0.3 is 0 Å². The predicted octanol–water partition coefficient (Wildman–Crippen LogP) is 0.354.